The number of carbonyl (C=O) groups excluding carboxylic acids is 2. The average molecular weight is 509 g/mol. The Morgan fingerprint density at radius 3 is 2.27 bits per heavy atom. The van der Waals surface area contributed by atoms with Crippen molar-refractivity contribution in [2.45, 2.75) is 6.04 Å². The Morgan fingerprint density at radius 1 is 1.03 bits per heavy atom. The van der Waals surface area contributed by atoms with Gasteiger partial charge in [0.25, 0.3) is 5.91 Å². The number of amides is 1. The molecule has 0 aliphatic carbocycles. The summed E-state index contributed by atoms with van der Waals surface area (Å²) in [6.07, 6.45) is 3.04. The molecule has 196 valence electrons. The van der Waals surface area contributed by atoms with Gasteiger partial charge in [-0.1, -0.05) is 36.4 Å². The fraction of sp³-hybridized carbons (Fsp3) is 0.357. The highest BCUT2D eigenvalue weighted by Crippen LogP contribution is 2.45. The Balaban J connectivity index is 1.73. The van der Waals surface area contributed by atoms with Crippen LogP contribution in [0.5, 0.6) is 17.2 Å². The average Bonchev–Trinajstić information content (AvgIpc) is 3.20. The third-order valence-corrected chi connectivity index (χ3v) is 6.56. The zero-order chi connectivity index (χ0) is 26.4. The Labute approximate surface area is 216 Å². The van der Waals surface area contributed by atoms with Gasteiger partial charge in [-0.3, -0.25) is 14.5 Å². The molecule has 1 fully saturated rings. The van der Waals surface area contributed by atoms with E-state index < -0.39 is 23.5 Å². The molecule has 0 radical (unpaired) electrons. The first-order valence-electron chi connectivity index (χ1n) is 12.1. The number of carbonyl (C=O) groups is 2. The summed E-state index contributed by atoms with van der Waals surface area (Å²) < 4.78 is 21.9. The second kappa shape index (κ2) is 11.9. The molecule has 0 saturated carbocycles. The second-order valence-electron chi connectivity index (χ2n) is 8.68. The Morgan fingerprint density at radius 2 is 1.68 bits per heavy atom. The second-order valence-corrected chi connectivity index (χ2v) is 8.68. The molecule has 9 nitrogen and oxygen atoms in total. The number of aliphatic hydroxyl groups excluding tert-OH is 1. The molecule has 37 heavy (non-hydrogen) atoms. The molecule has 1 saturated heterocycles. The lowest BCUT2D eigenvalue weighted by Gasteiger charge is -2.32. The summed E-state index contributed by atoms with van der Waals surface area (Å²) in [6.45, 7) is 3.64. The van der Waals surface area contributed by atoms with Crippen molar-refractivity contribution in [1.29, 1.82) is 0 Å². The van der Waals surface area contributed by atoms with Crippen molar-refractivity contribution in [2.75, 3.05) is 60.7 Å². The first-order chi connectivity index (χ1) is 18.0. The third-order valence-electron chi connectivity index (χ3n) is 6.56. The van der Waals surface area contributed by atoms with Crippen molar-refractivity contribution in [3.8, 4) is 17.2 Å². The van der Waals surface area contributed by atoms with Crippen molar-refractivity contribution in [2.24, 2.45) is 0 Å². The molecule has 4 rings (SSSR count). The molecular formula is C28H32N2O7. The minimum atomic E-state index is -0.838. The lowest BCUT2D eigenvalue weighted by atomic mass is 9.94. The molecule has 0 spiro atoms. The van der Waals surface area contributed by atoms with Gasteiger partial charge in [-0.2, -0.15) is 0 Å². The maximum absolute atomic E-state index is 13.4. The van der Waals surface area contributed by atoms with Crippen LogP contribution in [0, 0.1) is 0 Å². The molecule has 2 aromatic rings. The van der Waals surface area contributed by atoms with Gasteiger partial charge in [0.05, 0.1) is 46.2 Å². The summed E-state index contributed by atoms with van der Waals surface area (Å²) in [7, 11) is 4.50. The van der Waals surface area contributed by atoms with E-state index in [0.717, 1.165) is 18.7 Å². The molecular weight excluding hydrogens is 476 g/mol. The third kappa shape index (κ3) is 5.63. The highest BCUT2D eigenvalue weighted by molar-refractivity contribution is 6.14. The van der Waals surface area contributed by atoms with Crippen LogP contribution in [-0.4, -0.2) is 87.3 Å². The molecule has 0 bridgehead atoms. The van der Waals surface area contributed by atoms with E-state index in [0.29, 0.717) is 49.1 Å². The summed E-state index contributed by atoms with van der Waals surface area (Å²) in [4.78, 5) is 30.5. The van der Waals surface area contributed by atoms with E-state index in [9.17, 15) is 14.7 Å². The number of morpholine rings is 1. The van der Waals surface area contributed by atoms with Crippen LogP contribution in [0.4, 0.5) is 0 Å². The quantitative estimate of drug-likeness (QED) is 0.489. The van der Waals surface area contributed by atoms with Gasteiger partial charge in [0.1, 0.15) is 0 Å². The Hall–Kier alpha value is -3.82. The van der Waals surface area contributed by atoms with Crippen LogP contribution in [0.15, 0.2) is 59.9 Å². The summed E-state index contributed by atoms with van der Waals surface area (Å²) in [5.41, 5.74) is 1.40. The molecule has 2 aliphatic rings. The number of methoxy groups -OCH3 is 3. The van der Waals surface area contributed by atoms with Crippen molar-refractivity contribution in [3.63, 3.8) is 0 Å². The van der Waals surface area contributed by atoms with Crippen LogP contribution < -0.4 is 14.2 Å². The lowest BCUT2D eigenvalue weighted by molar-refractivity contribution is -0.129. The first-order valence-corrected chi connectivity index (χ1v) is 12.1. The van der Waals surface area contributed by atoms with Crippen molar-refractivity contribution in [3.05, 3.63) is 71.0 Å². The number of rotatable bonds is 10. The van der Waals surface area contributed by atoms with E-state index in [1.54, 1.807) is 18.2 Å². The zero-order valence-corrected chi connectivity index (χ0v) is 21.3. The van der Waals surface area contributed by atoms with Gasteiger partial charge in [0.15, 0.2) is 23.0 Å². The van der Waals surface area contributed by atoms with E-state index in [2.05, 4.69) is 4.90 Å². The number of benzene rings is 2. The summed E-state index contributed by atoms with van der Waals surface area (Å²) >= 11 is 0. The van der Waals surface area contributed by atoms with Crippen LogP contribution >= 0.6 is 0 Å². The number of ether oxygens (including phenoxy) is 4. The predicted octanol–water partition coefficient (Wildman–Crippen LogP) is 3.02. The van der Waals surface area contributed by atoms with Crippen LogP contribution in [0.3, 0.4) is 0 Å². The zero-order valence-electron chi connectivity index (χ0n) is 21.3. The van der Waals surface area contributed by atoms with Crippen molar-refractivity contribution < 1.29 is 33.6 Å². The molecule has 0 aromatic heterocycles. The number of hydrogen-bond acceptors (Lipinski definition) is 8. The molecule has 2 aromatic carbocycles. The highest BCUT2D eigenvalue weighted by Gasteiger charge is 2.43. The maximum atomic E-state index is 13.4. The fourth-order valence-corrected chi connectivity index (χ4v) is 4.64. The highest BCUT2D eigenvalue weighted by atomic mass is 16.5. The number of hydrogen-bond donors (Lipinski definition) is 1. The molecule has 1 unspecified atom stereocenters. The van der Waals surface area contributed by atoms with Gasteiger partial charge in [-0.25, -0.2) is 0 Å². The number of ketones is 1. The molecule has 1 amide bonds. The standard InChI is InChI=1S/C28H32N2O7/c1-34-22-17-20(18-23(35-2)27(22)36-3)25-24(21(31)10-9-19-7-5-4-6-8-19)26(32)28(33)30(25)12-11-29-13-15-37-16-14-29/h4-10,17-18,25,32H,11-16H2,1-3H3. The van der Waals surface area contributed by atoms with Crippen molar-refractivity contribution in [1.82, 2.24) is 9.80 Å². The summed E-state index contributed by atoms with van der Waals surface area (Å²) in [5.74, 6) is -0.442. The SMILES string of the molecule is COc1cc(C2C(C(=O)C=Cc3ccccc3)=C(O)C(=O)N2CCN2CCOCC2)cc(OC)c1OC. The minimum absolute atomic E-state index is 0.00781. The van der Waals surface area contributed by atoms with E-state index in [4.69, 9.17) is 18.9 Å². The topological polar surface area (TPSA) is 97.8 Å². The predicted molar refractivity (Wildman–Crippen MR) is 138 cm³/mol. The molecule has 2 heterocycles. The smallest absolute Gasteiger partial charge is 0.290 e. The van der Waals surface area contributed by atoms with E-state index in [-0.39, 0.29) is 5.57 Å². The largest absolute Gasteiger partial charge is 0.503 e. The van der Waals surface area contributed by atoms with Gasteiger partial charge >= 0.3 is 0 Å². The number of aliphatic hydroxyl groups is 1. The number of allylic oxidation sites excluding steroid dienone is 1. The number of nitrogens with zero attached hydrogens (tertiary/aromatic N) is 2. The van der Waals surface area contributed by atoms with Crippen LogP contribution in [0.2, 0.25) is 0 Å². The monoisotopic (exact) mass is 508 g/mol. The lowest BCUT2D eigenvalue weighted by Crippen LogP contribution is -2.43. The summed E-state index contributed by atoms with van der Waals surface area (Å²) in [6, 6.07) is 11.9. The minimum Gasteiger partial charge on any atom is -0.503 e. The molecule has 1 atom stereocenters. The Kier molecular flexibility index (Phi) is 8.47. The van der Waals surface area contributed by atoms with Crippen molar-refractivity contribution >= 4 is 17.8 Å². The van der Waals surface area contributed by atoms with E-state index >= 15 is 0 Å². The Bertz CT molecular complexity index is 1160. The summed E-state index contributed by atoms with van der Waals surface area (Å²) in [5, 5.41) is 10.9. The van der Waals surface area contributed by atoms with Gasteiger partial charge in [-0.15, -0.1) is 0 Å². The van der Waals surface area contributed by atoms with Crippen LogP contribution in [-0.2, 0) is 14.3 Å². The maximum Gasteiger partial charge on any atom is 0.290 e. The normalized spacial score (nSPS) is 18.5. The van der Waals surface area contributed by atoms with Gasteiger partial charge in [0, 0.05) is 26.2 Å². The molecule has 2 aliphatic heterocycles. The van der Waals surface area contributed by atoms with Gasteiger partial charge in [-0.05, 0) is 29.3 Å². The first kappa shape index (κ1) is 26.2. The van der Waals surface area contributed by atoms with E-state index in [1.807, 2.05) is 30.3 Å². The van der Waals surface area contributed by atoms with Gasteiger partial charge in [0.2, 0.25) is 5.75 Å². The fourth-order valence-electron chi connectivity index (χ4n) is 4.64. The van der Waals surface area contributed by atoms with Crippen LogP contribution in [0.1, 0.15) is 17.2 Å². The van der Waals surface area contributed by atoms with Gasteiger partial charge < -0.3 is 29.0 Å². The van der Waals surface area contributed by atoms with Crippen LogP contribution in [0.25, 0.3) is 6.08 Å². The molecule has 9 heteroatoms. The van der Waals surface area contributed by atoms with E-state index in [1.165, 1.54) is 32.3 Å². The molecule has 1 N–H and O–H groups in total.